The molecule has 35 heavy (non-hydrogen) atoms. The summed E-state index contributed by atoms with van der Waals surface area (Å²) >= 11 is 0. The van der Waals surface area contributed by atoms with Crippen LogP contribution in [0.2, 0.25) is 0 Å². The van der Waals surface area contributed by atoms with Crippen molar-refractivity contribution in [1.29, 1.82) is 0 Å². The zero-order chi connectivity index (χ0) is 25.2. The summed E-state index contributed by atoms with van der Waals surface area (Å²) in [5.74, 6) is 2.99. The summed E-state index contributed by atoms with van der Waals surface area (Å²) in [6.07, 6.45) is 13.4. The third-order valence-corrected chi connectivity index (χ3v) is 14.0. The third kappa shape index (κ3) is 3.07. The number of hydrogen-bond acceptors (Lipinski definition) is 3. The summed E-state index contributed by atoms with van der Waals surface area (Å²) < 4.78 is 13.1. The predicted molar refractivity (Wildman–Crippen MR) is 141 cm³/mol. The molecule has 2 spiro atoms. The normalized spacial score (nSPS) is 56.3. The lowest BCUT2D eigenvalue weighted by molar-refractivity contribution is -0.169. The number of hydrogen-bond donors (Lipinski definition) is 1. The minimum atomic E-state index is -0.113. The van der Waals surface area contributed by atoms with E-state index < -0.39 is 0 Å². The van der Waals surface area contributed by atoms with Gasteiger partial charge in [0, 0.05) is 13.0 Å². The number of aliphatic hydroxyl groups excluding tert-OH is 1. The summed E-state index contributed by atoms with van der Waals surface area (Å²) in [6, 6.07) is 0. The first-order chi connectivity index (χ1) is 16.3. The Morgan fingerprint density at radius 3 is 2.34 bits per heavy atom. The van der Waals surface area contributed by atoms with E-state index in [2.05, 4.69) is 55.4 Å². The van der Waals surface area contributed by atoms with Gasteiger partial charge in [-0.1, -0.05) is 34.6 Å². The highest BCUT2D eigenvalue weighted by atomic mass is 16.5. The fourth-order valence-corrected chi connectivity index (χ4v) is 12.5. The minimum Gasteiger partial charge on any atom is -0.393 e. The molecule has 6 rings (SSSR count). The van der Waals surface area contributed by atoms with Crippen molar-refractivity contribution in [2.45, 2.75) is 144 Å². The molecule has 3 nitrogen and oxygen atoms in total. The van der Waals surface area contributed by atoms with Gasteiger partial charge < -0.3 is 14.6 Å². The topological polar surface area (TPSA) is 38.7 Å². The van der Waals surface area contributed by atoms with Crippen LogP contribution in [0.1, 0.15) is 120 Å². The lowest BCUT2D eigenvalue weighted by Crippen LogP contribution is -2.57. The van der Waals surface area contributed by atoms with Crippen LogP contribution in [0.5, 0.6) is 0 Å². The van der Waals surface area contributed by atoms with E-state index in [1.165, 1.54) is 51.4 Å². The number of aliphatic hydroxyl groups is 1. The fraction of sp³-hybridized carbons (Fsp3) is 1.00. The van der Waals surface area contributed by atoms with Gasteiger partial charge in [-0.05, 0) is 129 Å². The third-order valence-electron chi connectivity index (χ3n) is 14.0. The van der Waals surface area contributed by atoms with Crippen molar-refractivity contribution >= 4 is 0 Å². The molecule has 5 aliphatic carbocycles. The van der Waals surface area contributed by atoms with Gasteiger partial charge in [0.25, 0.3) is 0 Å². The summed E-state index contributed by atoms with van der Waals surface area (Å²) in [6.45, 7) is 20.1. The van der Waals surface area contributed by atoms with Crippen LogP contribution in [0.15, 0.2) is 0 Å². The lowest BCUT2D eigenvalue weighted by atomic mass is 9.41. The molecule has 0 bridgehead atoms. The maximum absolute atomic E-state index is 10.9. The average Bonchev–Trinajstić information content (AvgIpc) is 3.34. The van der Waals surface area contributed by atoms with Gasteiger partial charge in [-0.25, -0.2) is 0 Å². The van der Waals surface area contributed by atoms with Crippen molar-refractivity contribution in [1.82, 2.24) is 0 Å². The number of rotatable bonds is 4. The number of ether oxygens (including phenoxy) is 2. The van der Waals surface area contributed by atoms with Gasteiger partial charge >= 0.3 is 0 Å². The van der Waals surface area contributed by atoms with Crippen LogP contribution < -0.4 is 0 Å². The molecule has 1 saturated heterocycles. The van der Waals surface area contributed by atoms with Gasteiger partial charge in [0.05, 0.1) is 23.9 Å². The van der Waals surface area contributed by atoms with Gasteiger partial charge in [-0.2, -0.15) is 0 Å². The van der Waals surface area contributed by atoms with Crippen molar-refractivity contribution < 1.29 is 14.6 Å². The van der Waals surface area contributed by atoms with Crippen molar-refractivity contribution in [3.05, 3.63) is 0 Å². The maximum atomic E-state index is 10.9. The Balaban J connectivity index is 1.28. The first-order valence-electron chi connectivity index (χ1n) is 15.2. The van der Waals surface area contributed by atoms with Gasteiger partial charge in [0.1, 0.15) is 0 Å². The Kier molecular flexibility index (Phi) is 5.39. The van der Waals surface area contributed by atoms with E-state index in [-0.39, 0.29) is 17.1 Å². The molecule has 4 unspecified atom stereocenters. The van der Waals surface area contributed by atoms with Crippen LogP contribution >= 0.6 is 0 Å². The molecule has 6 aliphatic rings. The van der Waals surface area contributed by atoms with Crippen LogP contribution in [-0.2, 0) is 9.47 Å². The van der Waals surface area contributed by atoms with Gasteiger partial charge in [0.15, 0.2) is 0 Å². The monoisotopic (exact) mass is 486 g/mol. The van der Waals surface area contributed by atoms with Crippen molar-refractivity contribution in [2.24, 2.45) is 50.7 Å². The molecule has 0 aromatic carbocycles. The van der Waals surface area contributed by atoms with Crippen molar-refractivity contribution in [3.63, 3.8) is 0 Å². The van der Waals surface area contributed by atoms with E-state index in [1.807, 2.05) is 0 Å². The molecule has 11 atom stereocenters. The first-order valence-corrected chi connectivity index (χ1v) is 15.2. The molecule has 1 aliphatic heterocycles. The average molecular weight is 487 g/mol. The van der Waals surface area contributed by atoms with Crippen LogP contribution in [0.3, 0.4) is 0 Å². The molecule has 200 valence electrons. The molecule has 6 fully saturated rings. The van der Waals surface area contributed by atoms with Crippen LogP contribution in [0, 0.1) is 50.7 Å². The van der Waals surface area contributed by atoms with Crippen LogP contribution in [0.25, 0.3) is 0 Å². The quantitative estimate of drug-likeness (QED) is 0.450. The second-order valence-electron chi connectivity index (χ2n) is 16.0. The smallest absolute Gasteiger partial charge is 0.0651 e. The van der Waals surface area contributed by atoms with Crippen LogP contribution in [-0.4, -0.2) is 35.6 Å². The van der Waals surface area contributed by atoms with E-state index >= 15 is 0 Å². The number of fused-ring (bicyclic) bond motifs is 4. The van der Waals surface area contributed by atoms with Gasteiger partial charge in [-0.15, -0.1) is 0 Å². The molecule has 3 heteroatoms. The molecule has 0 radical (unpaired) electrons. The Morgan fingerprint density at radius 1 is 0.943 bits per heavy atom. The van der Waals surface area contributed by atoms with Crippen molar-refractivity contribution in [3.8, 4) is 0 Å². The molecule has 5 saturated carbocycles. The highest BCUT2D eigenvalue weighted by Crippen LogP contribution is 2.89. The highest BCUT2D eigenvalue weighted by Gasteiger charge is 2.83. The SMILES string of the molecule is CCOC(C)(C)CC1C[C@@H](C)C2C(C[C@@]3(C)[C@@H]4CCC5C(C)(C)[C@@H](O)CC[C@@]56C[C@@]46CC[C@]23C)O1. The Hall–Kier alpha value is -0.120. The van der Waals surface area contributed by atoms with E-state index in [1.54, 1.807) is 0 Å². The lowest BCUT2D eigenvalue weighted by Gasteiger charge is -2.63. The zero-order valence-corrected chi connectivity index (χ0v) is 24.1. The Morgan fingerprint density at radius 2 is 1.63 bits per heavy atom. The zero-order valence-electron chi connectivity index (χ0n) is 24.1. The molecular formula is C32H54O3. The van der Waals surface area contributed by atoms with E-state index in [4.69, 9.17) is 9.47 Å². The maximum Gasteiger partial charge on any atom is 0.0651 e. The standard InChI is InChI=1S/C32H54O3/c1-9-34-27(3,4)17-21-16-20(2)26-22(35-21)18-30(8)24-11-10-23-28(5,6)25(33)12-13-31(23)19-32(24,31)15-14-29(26,30)7/h20-26,33H,9-19H2,1-8H3/t20-,21?,22?,23?,24+,25+,26?,29-,30+,31-,32+/m1/s1. The van der Waals surface area contributed by atoms with Crippen molar-refractivity contribution in [2.75, 3.05) is 6.61 Å². The van der Waals surface area contributed by atoms with E-state index in [9.17, 15) is 5.11 Å². The van der Waals surface area contributed by atoms with Crippen LogP contribution in [0.4, 0.5) is 0 Å². The summed E-state index contributed by atoms with van der Waals surface area (Å²) in [5.41, 5.74) is 1.83. The van der Waals surface area contributed by atoms with E-state index in [0.29, 0.717) is 45.7 Å². The van der Waals surface area contributed by atoms with E-state index in [0.717, 1.165) is 31.3 Å². The second-order valence-corrected chi connectivity index (χ2v) is 16.0. The van der Waals surface area contributed by atoms with Gasteiger partial charge in [-0.3, -0.25) is 0 Å². The van der Waals surface area contributed by atoms with Gasteiger partial charge in [0.2, 0.25) is 0 Å². The molecule has 1 N–H and O–H groups in total. The largest absolute Gasteiger partial charge is 0.393 e. The molecule has 0 amide bonds. The minimum absolute atomic E-state index is 0.0796. The summed E-state index contributed by atoms with van der Waals surface area (Å²) in [4.78, 5) is 0. The fourth-order valence-electron chi connectivity index (χ4n) is 12.5. The molecular weight excluding hydrogens is 432 g/mol. The Labute approximate surface area is 215 Å². The first kappa shape index (κ1) is 25.2. The summed E-state index contributed by atoms with van der Waals surface area (Å²) in [7, 11) is 0. The molecule has 1 heterocycles. The molecule has 0 aromatic rings. The summed E-state index contributed by atoms with van der Waals surface area (Å²) in [5, 5.41) is 10.9. The predicted octanol–water partition coefficient (Wildman–Crippen LogP) is 7.40. The highest BCUT2D eigenvalue weighted by molar-refractivity contribution is 5.31. The Bertz CT molecular complexity index is 865. The second kappa shape index (κ2) is 7.50. The molecule has 0 aromatic heterocycles.